The highest BCUT2D eigenvalue weighted by atomic mass is 16.3. The first-order valence-corrected chi connectivity index (χ1v) is 17.4. The molecule has 11 aromatic rings. The van der Waals surface area contributed by atoms with Crippen LogP contribution in [0, 0.1) is 0 Å². The maximum absolute atomic E-state index is 6.97. The third kappa shape index (κ3) is 4.14. The minimum atomic E-state index is 0.909. The summed E-state index contributed by atoms with van der Waals surface area (Å²) in [6.07, 6.45) is 3.78. The van der Waals surface area contributed by atoms with E-state index in [1.165, 1.54) is 76.1 Å². The molecule has 0 aliphatic heterocycles. The van der Waals surface area contributed by atoms with Gasteiger partial charge in [-0.25, -0.2) is 0 Å². The molecule has 2 nitrogen and oxygen atoms in total. The zero-order valence-corrected chi connectivity index (χ0v) is 27.6. The van der Waals surface area contributed by atoms with Crippen LogP contribution >= 0.6 is 0 Å². The molecule has 0 saturated heterocycles. The third-order valence-electron chi connectivity index (χ3n) is 10.7. The van der Waals surface area contributed by atoms with Gasteiger partial charge in [0.1, 0.15) is 11.2 Å². The molecular weight excluding hydrogens is 619 g/mol. The Morgan fingerprint density at radius 3 is 1.55 bits per heavy atom. The van der Waals surface area contributed by atoms with Gasteiger partial charge in [0.2, 0.25) is 0 Å². The first-order chi connectivity index (χ1) is 25.3. The largest absolute Gasteiger partial charge is 0.455 e. The summed E-state index contributed by atoms with van der Waals surface area (Å²) in [7, 11) is 0. The summed E-state index contributed by atoms with van der Waals surface area (Å²) >= 11 is 0. The molecule has 2 aromatic heterocycles. The van der Waals surface area contributed by atoms with E-state index in [0.29, 0.717) is 0 Å². The number of rotatable bonds is 3. The quantitative estimate of drug-likeness (QED) is 0.178. The van der Waals surface area contributed by atoms with E-state index in [1.54, 1.807) is 0 Å². The van der Waals surface area contributed by atoms with E-state index in [-0.39, 0.29) is 0 Å². The lowest BCUT2D eigenvalue weighted by atomic mass is 9.83. The molecule has 0 saturated carbocycles. The molecule has 0 aliphatic carbocycles. The van der Waals surface area contributed by atoms with E-state index in [9.17, 15) is 0 Å². The van der Waals surface area contributed by atoms with Crippen LogP contribution in [0.5, 0.6) is 0 Å². The van der Waals surface area contributed by atoms with Crippen LogP contribution < -0.4 is 0 Å². The Labute approximate surface area is 293 Å². The van der Waals surface area contributed by atoms with Crippen molar-refractivity contribution in [1.82, 2.24) is 4.98 Å². The predicted octanol–water partition coefficient (Wildman–Crippen LogP) is 13.7. The summed E-state index contributed by atoms with van der Waals surface area (Å²) in [4.78, 5) is 4.43. The fraction of sp³-hybridized carbons (Fsp3) is 0. The Kier molecular flexibility index (Phi) is 5.99. The van der Waals surface area contributed by atoms with Gasteiger partial charge in [0.05, 0.1) is 0 Å². The van der Waals surface area contributed by atoms with Crippen molar-refractivity contribution in [3.8, 4) is 33.4 Å². The fourth-order valence-corrected chi connectivity index (χ4v) is 8.50. The molecule has 2 heteroatoms. The van der Waals surface area contributed by atoms with E-state index in [4.69, 9.17) is 4.42 Å². The number of furan rings is 1. The molecule has 0 N–H and O–H groups in total. The molecule has 9 aromatic carbocycles. The van der Waals surface area contributed by atoms with Crippen LogP contribution in [-0.4, -0.2) is 4.98 Å². The molecule has 51 heavy (non-hydrogen) atoms. The SMILES string of the molecule is c1cncc(-c2ccc(-c3c4ccccc4c(-c4cc5ccccc5c5c4oc4cc6ccccc6cc45)c4ccccc34)c3ccccc23)c1. The smallest absolute Gasteiger partial charge is 0.143 e. The minimum absolute atomic E-state index is 0.909. The number of benzene rings is 9. The number of fused-ring (bicyclic) bond motifs is 9. The van der Waals surface area contributed by atoms with Gasteiger partial charge in [0.25, 0.3) is 0 Å². The van der Waals surface area contributed by atoms with E-state index >= 15 is 0 Å². The van der Waals surface area contributed by atoms with Crippen LogP contribution in [0.2, 0.25) is 0 Å². The molecule has 0 bridgehead atoms. The lowest BCUT2D eigenvalue weighted by molar-refractivity contribution is 0.671. The molecule has 0 unspecified atom stereocenters. The first kappa shape index (κ1) is 28.1. The summed E-state index contributed by atoms with van der Waals surface area (Å²) in [6, 6.07) is 59.4. The van der Waals surface area contributed by atoms with Gasteiger partial charge in [-0.05, 0) is 94.8 Å². The van der Waals surface area contributed by atoms with E-state index in [2.05, 4.69) is 163 Å². The Balaban J connectivity index is 1.28. The highest BCUT2D eigenvalue weighted by Gasteiger charge is 2.23. The Morgan fingerprint density at radius 2 is 0.902 bits per heavy atom. The third-order valence-corrected chi connectivity index (χ3v) is 10.7. The summed E-state index contributed by atoms with van der Waals surface area (Å²) in [5.41, 5.74) is 8.90. The van der Waals surface area contributed by atoms with Crippen molar-refractivity contribution in [3.05, 3.63) is 176 Å². The lowest BCUT2D eigenvalue weighted by Crippen LogP contribution is -1.93. The maximum Gasteiger partial charge on any atom is 0.143 e. The van der Waals surface area contributed by atoms with Gasteiger partial charge in [-0.3, -0.25) is 4.98 Å². The molecule has 0 spiro atoms. The monoisotopic (exact) mass is 647 g/mol. The van der Waals surface area contributed by atoms with Crippen molar-refractivity contribution in [2.45, 2.75) is 0 Å². The predicted molar refractivity (Wildman–Crippen MR) is 215 cm³/mol. The molecule has 0 amide bonds. The van der Waals surface area contributed by atoms with Gasteiger partial charge in [0, 0.05) is 39.9 Å². The Morgan fingerprint density at radius 1 is 0.373 bits per heavy atom. The van der Waals surface area contributed by atoms with Crippen LogP contribution in [-0.2, 0) is 0 Å². The number of aromatic nitrogens is 1. The summed E-state index contributed by atoms with van der Waals surface area (Å²) in [5.74, 6) is 0. The van der Waals surface area contributed by atoms with Crippen LogP contribution in [0.3, 0.4) is 0 Å². The standard InChI is InChI=1S/C49H29NO/c1-2-13-31-28-45-43(26-30(31)12-1)48-35-16-4-3-14-32(35)27-44(49(48)51-45)47-40-21-9-7-19-38(40)46(39-20-8-10-22-41(39)47)42-24-23-34(33-15-11-25-50-29-33)36-17-5-6-18-37(36)42/h1-29H. The fourth-order valence-electron chi connectivity index (χ4n) is 8.50. The highest BCUT2D eigenvalue weighted by Crippen LogP contribution is 2.49. The highest BCUT2D eigenvalue weighted by molar-refractivity contribution is 6.29. The van der Waals surface area contributed by atoms with Gasteiger partial charge in [-0.1, -0.05) is 140 Å². The number of pyridine rings is 1. The van der Waals surface area contributed by atoms with Crippen LogP contribution in [0.4, 0.5) is 0 Å². The summed E-state index contributed by atoms with van der Waals surface area (Å²) < 4.78 is 6.97. The lowest BCUT2D eigenvalue weighted by Gasteiger charge is -2.20. The zero-order valence-electron chi connectivity index (χ0n) is 27.6. The van der Waals surface area contributed by atoms with Crippen molar-refractivity contribution in [1.29, 1.82) is 0 Å². The number of hydrogen-bond acceptors (Lipinski definition) is 2. The molecule has 2 heterocycles. The molecule has 0 atom stereocenters. The van der Waals surface area contributed by atoms with E-state index in [1.807, 2.05) is 18.5 Å². The second kappa shape index (κ2) is 10.9. The van der Waals surface area contributed by atoms with Gasteiger partial charge in [-0.2, -0.15) is 0 Å². The topological polar surface area (TPSA) is 26.0 Å². The van der Waals surface area contributed by atoms with Crippen molar-refractivity contribution in [2.75, 3.05) is 0 Å². The average molecular weight is 648 g/mol. The Hall–Kier alpha value is -6.77. The second-order valence-electron chi connectivity index (χ2n) is 13.4. The van der Waals surface area contributed by atoms with Crippen molar-refractivity contribution >= 4 is 75.8 Å². The van der Waals surface area contributed by atoms with E-state index in [0.717, 1.165) is 33.1 Å². The minimum Gasteiger partial charge on any atom is -0.455 e. The molecule has 0 aliphatic rings. The van der Waals surface area contributed by atoms with Gasteiger partial charge >= 0.3 is 0 Å². The Bertz CT molecular complexity index is 3130. The zero-order chi connectivity index (χ0) is 33.5. The van der Waals surface area contributed by atoms with Crippen molar-refractivity contribution in [3.63, 3.8) is 0 Å². The number of hydrogen-bond donors (Lipinski definition) is 0. The van der Waals surface area contributed by atoms with Crippen molar-refractivity contribution in [2.24, 2.45) is 0 Å². The van der Waals surface area contributed by atoms with Crippen LogP contribution in [0.1, 0.15) is 0 Å². The van der Waals surface area contributed by atoms with Gasteiger partial charge in [-0.15, -0.1) is 0 Å². The van der Waals surface area contributed by atoms with Crippen LogP contribution in [0.25, 0.3) is 109 Å². The molecule has 0 fully saturated rings. The molecule has 0 radical (unpaired) electrons. The normalized spacial score (nSPS) is 11.9. The molecule has 236 valence electrons. The van der Waals surface area contributed by atoms with Gasteiger partial charge in [0.15, 0.2) is 0 Å². The summed E-state index contributed by atoms with van der Waals surface area (Å²) in [5, 5.41) is 14.4. The van der Waals surface area contributed by atoms with Crippen LogP contribution in [0.15, 0.2) is 181 Å². The second-order valence-corrected chi connectivity index (χ2v) is 13.4. The molecule has 11 rings (SSSR count). The van der Waals surface area contributed by atoms with Crippen molar-refractivity contribution < 1.29 is 4.42 Å². The van der Waals surface area contributed by atoms with E-state index < -0.39 is 0 Å². The maximum atomic E-state index is 6.97. The average Bonchev–Trinajstić information content (AvgIpc) is 3.57. The summed E-state index contributed by atoms with van der Waals surface area (Å²) in [6.45, 7) is 0. The number of nitrogens with zero attached hydrogens (tertiary/aromatic N) is 1. The first-order valence-electron chi connectivity index (χ1n) is 17.4. The van der Waals surface area contributed by atoms with Gasteiger partial charge < -0.3 is 4.42 Å². The molecular formula is C49H29NO.